The van der Waals surface area contributed by atoms with E-state index in [4.69, 9.17) is 4.74 Å². The van der Waals surface area contributed by atoms with Crippen LogP contribution in [0.1, 0.15) is 33.1 Å². The van der Waals surface area contributed by atoms with E-state index >= 15 is 0 Å². The molecule has 0 atom stereocenters. The van der Waals surface area contributed by atoms with Crippen LogP contribution in [-0.4, -0.2) is 26.3 Å². The molecule has 0 aliphatic carbocycles. The lowest BCUT2D eigenvalue weighted by Gasteiger charge is -2.26. The van der Waals surface area contributed by atoms with E-state index < -0.39 is 0 Å². The molecule has 78 valence electrons. The van der Waals surface area contributed by atoms with E-state index in [1.54, 1.807) is 0 Å². The SMILES string of the molecule is CC(C)CCCOCCC1CNC1. The number of hydrogen-bond acceptors (Lipinski definition) is 2. The standard InChI is InChI=1S/C11H23NO/c1-10(2)4-3-6-13-7-5-11-8-12-9-11/h10-12H,3-9H2,1-2H3. The topological polar surface area (TPSA) is 21.3 Å². The molecule has 0 amide bonds. The summed E-state index contributed by atoms with van der Waals surface area (Å²) in [4.78, 5) is 0. The normalized spacial score (nSPS) is 17.8. The lowest BCUT2D eigenvalue weighted by molar-refractivity contribution is 0.106. The molecule has 1 fully saturated rings. The molecule has 1 heterocycles. The predicted molar refractivity (Wildman–Crippen MR) is 55.9 cm³/mol. The first-order chi connectivity index (χ1) is 6.29. The second-order valence-corrected chi connectivity index (χ2v) is 4.46. The maximum atomic E-state index is 5.56. The Hall–Kier alpha value is -0.0800. The van der Waals surface area contributed by atoms with Crippen molar-refractivity contribution in [1.29, 1.82) is 0 Å². The van der Waals surface area contributed by atoms with Crippen molar-refractivity contribution in [2.24, 2.45) is 11.8 Å². The van der Waals surface area contributed by atoms with Gasteiger partial charge in [0.25, 0.3) is 0 Å². The first-order valence-corrected chi connectivity index (χ1v) is 5.57. The van der Waals surface area contributed by atoms with Crippen molar-refractivity contribution in [2.45, 2.75) is 33.1 Å². The van der Waals surface area contributed by atoms with Gasteiger partial charge in [-0.25, -0.2) is 0 Å². The minimum absolute atomic E-state index is 0.819. The van der Waals surface area contributed by atoms with Gasteiger partial charge in [-0.15, -0.1) is 0 Å². The molecule has 0 aromatic rings. The molecule has 2 nitrogen and oxygen atoms in total. The molecule has 0 saturated carbocycles. The van der Waals surface area contributed by atoms with Crippen LogP contribution in [0, 0.1) is 11.8 Å². The van der Waals surface area contributed by atoms with Gasteiger partial charge in [0.15, 0.2) is 0 Å². The first-order valence-electron chi connectivity index (χ1n) is 5.57. The van der Waals surface area contributed by atoms with Crippen LogP contribution in [0.15, 0.2) is 0 Å². The highest BCUT2D eigenvalue weighted by Gasteiger charge is 2.15. The van der Waals surface area contributed by atoms with Gasteiger partial charge in [-0.05, 0) is 44.2 Å². The van der Waals surface area contributed by atoms with Crippen LogP contribution in [0.25, 0.3) is 0 Å². The molecule has 0 radical (unpaired) electrons. The van der Waals surface area contributed by atoms with Gasteiger partial charge < -0.3 is 10.1 Å². The molecule has 2 heteroatoms. The fraction of sp³-hybridized carbons (Fsp3) is 1.00. The van der Waals surface area contributed by atoms with Crippen molar-refractivity contribution in [3.63, 3.8) is 0 Å². The van der Waals surface area contributed by atoms with Crippen molar-refractivity contribution in [3.05, 3.63) is 0 Å². The van der Waals surface area contributed by atoms with Crippen LogP contribution in [-0.2, 0) is 4.74 Å². The van der Waals surface area contributed by atoms with Crippen LogP contribution < -0.4 is 5.32 Å². The molecule has 0 spiro atoms. The average molecular weight is 185 g/mol. The largest absolute Gasteiger partial charge is 0.381 e. The first kappa shape index (κ1) is 11.0. The lowest BCUT2D eigenvalue weighted by atomic mass is 10.0. The van der Waals surface area contributed by atoms with Crippen LogP contribution in [0.4, 0.5) is 0 Å². The van der Waals surface area contributed by atoms with Gasteiger partial charge in [-0.2, -0.15) is 0 Å². The maximum absolute atomic E-state index is 5.56. The van der Waals surface area contributed by atoms with E-state index in [-0.39, 0.29) is 0 Å². The quantitative estimate of drug-likeness (QED) is 0.613. The van der Waals surface area contributed by atoms with E-state index in [0.29, 0.717) is 0 Å². The van der Waals surface area contributed by atoms with Crippen molar-refractivity contribution >= 4 is 0 Å². The summed E-state index contributed by atoms with van der Waals surface area (Å²) in [6.07, 6.45) is 3.76. The van der Waals surface area contributed by atoms with Gasteiger partial charge in [0, 0.05) is 13.2 Å². The molecule has 13 heavy (non-hydrogen) atoms. The van der Waals surface area contributed by atoms with E-state index in [0.717, 1.165) is 25.0 Å². The summed E-state index contributed by atoms with van der Waals surface area (Å²) in [6.45, 7) is 8.85. The Kier molecular flexibility index (Phi) is 5.40. The molecule has 0 unspecified atom stereocenters. The van der Waals surface area contributed by atoms with Gasteiger partial charge in [-0.1, -0.05) is 13.8 Å². The third-order valence-electron chi connectivity index (χ3n) is 2.61. The Bertz CT molecular complexity index is 121. The van der Waals surface area contributed by atoms with E-state index in [1.165, 1.54) is 32.4 Å². The van der Waals surface area contributed by atoms with E-state index in [2.05, 4.69) is 19.2 Å². The summed E-state index contributed by atoms with van der Waals surface area (Å²) in [6, 6.07) is 0. The molecule has 1 aliphatic heterocycles. The summed E-state index contributed by atoms with van der Waals surface area (Å²) in [5, 5.41) is 3.27. The summed E-state index contributed by atoms with van der Waals surface area (Å²) in [5.74, 6) is 1.71. The van der Waals surface area contributed by atoms with Gasteiger partial charge in [0.05, 0.1) is 0 Å². The number of rotatable bonds is 7. The number of nitrogens with one attached hydrogen (secondary N) is 1. The van der Waals surface area contributed by atoms with Gasteiger partial charge in [0.1, 0.15) is 0 Å². The molecule has 1 N–H and O–H groups in total. The molecular formula is C11H23NO. The lowest BCUT2D eigenvalue weighted by Crippen LogP contribution is -2.42. The third kappa shape index (κ3) is 5.27. The fourth-order valence-electron chi connectivity index (χ4n) is 1.50. The smallest absolute Gasteiger partial charge is 0.0469 e. The van der Waals surface area contributed by atoms with Gasteiger partial charge in [0.2, 0.25) is 0 Å². The molecule has 1 rings (SSSR count). The second-order valence-electron chi connectivity index (χ2n) is 4.46. The van der Waals surface area contributed by atoms with Crippen LogP contribution in [0.2, 0.25) is 0 Å². The molecule has 0 aromatic heterocycles. The Labute approximate surface area is 82.0 Å². The highest BCUT2D eigenvalue weighted by Crippen LogP contribution is 2.08. The minimum atomic E-state index is 0.819. The highest BCUT2D eigenvalue weighted by molar-refractivity contribution is 4.73. The van der Waals surface area contributed by atoms with Crippen molar-refractivity contribution in [3.8, 4) is 0 Å². The zero-order valence-electron chi connectivity index (χ0n) is 9.01. The highest BCUT2D eigenvalue weighted by atomic mass is 16.5. The molecule has 1 saturated heterocycles. The Morgan fingerprint density at radius 3 is 2.62 bits per heavy atom. The monoisotopic (exact) mass is 185 g/mol. The van der Waals surface area contributed by atoms with Crippen LogP contribution in [0.3, 0.4) is 0 Å². The Morgan fingerprint density at radius 2 is 2.08 bits per heavy atom. The van der Waals surface area contributed by atoms with E-state index in [9.17, 15) is 0 Å². The number of ether oxygens (including phenoxy) is 1. The van der Waals surface area contributed by atoms with Crippen molar-refractivity contribution in [2.75, 3.05) is 26.3 Å². The Balaban J connectivity index is 1.73. The summed E-state index contributed by atoms with van der Waals surface area (Å²) >= 11 is 0. The van der Waals surface area contributed by atoms with Gasteiger partial charge in [-0.3, -0.25) is 0 Å². The summed E-state index contributed by atoms with van der Waals surface area (Å²) in [7, 11) is 0. The summed E-state index contributed by atoms with van der Waals surface area (Å²) < 4.78 is 5.56. The van der Waals surface area contributed by atoms with E-state index in [1.807, 2.05) is 0 Å². The molecule has 0 bridgehead atoms. The third-order valence-corrected chi connectivity index (χ3v) is 2.61. The maximum Gasteiger partial charge on any atom is 0.0469 e. The van der Waals surface area contributed by atoms with Crippen molar-refractivity contribution < 1.29 is 4.74 Å². The zero-order chi connectivity index (χ0) is 9.52. The average Bonchev–Trinajstić information content (AvgIpc) is 1.99. The summed E-state index contributed by atoms with van der Waals surface area (Å²) in [5.41, 5.74) is 0. The molecule has 1 aliphatic rings. The number of hydrogen-bond donors (Lipinski definition) is 1. The molecular weight excluding hydrogens is 162 g/mol. The van der Waals surface area contributed by atoms with Crippen LogP contribution in [0.5, 0.6) is 0 Å². The van der Waals surface area contributed by atoms with Crippen LogP contribution >= 0.6 is 0 Å². The van der Waals surface area contributed by atoms with Gasteiger partial charge >= 0.3 is 0 Å². The zero-order valence-corrected chi connectivity index (χ0v) is 9.01. The Morgan fingerprint density at radius 1 is 1.31 bits per heavy atom. The predicted octanol–water partition coefficient (Wildman–Crippen LogP) is 2.05. The fourth-order valence-corrected chi connectivity index (χ4v) is 1.50. The second kappa shape index (κ2) is 6.39. The minimum Gasteiger partial charge on any atom is -0.381 e. The molecule has 0 aromatic carbocycles. The van der Waals surface area contributed by atoms with Crippen molar-refractivity contribution in [1.82, 2.24) is 5.32 Å².